The average molecular weight is 256 g/mol. The predicted molar refractivity (Wildman–Crippen MR) is 72.6 cm³/mol. The number of fused-ring (bicyclic) bond motifs is 1. The van der Waals surface area contributed by atoms with Gasteiger partial charge in [0, 0.05) is 19.0 Å². The number of nitrogens with one attached hydrogen (secondary N) is 1. The maximum atomic E-state index is 4.55. The van der Waals surface area contributed by atoms with Gasteiger partial charge in [-0.15, -0.1) is 5.10 Å². The molecule has 2 heterocycles. The molecule has 0 saturated carbocycles. The van der Waals surface area contributed by atoms with Gasteiger partial charge in [-0.3, -0.25) is 4.68 Å². The normalized spacial score (nSPS) is 11.3. The van der Waals surface area contributed by atoms with E-state index in [4.69, 9.17) is 0 Å². The van der Waals surface area contributed by atoms with Crippen molar-refractivity contribution in [2.75, 3.05) is 7.05 Å². The molecule has 3 aromatic rings. The first kappa shape index (κ1) is 11.9. The molecule has 19 heavy (non-hydrogen) atoms. The van der Waals surface area contributed by atoms with Gasteiger partial charge in [0.05, 0.1) is 29.6 Å². The highest BCUT2D eigenvalue weighted by Gasteiger charge is 2.09. The first-order valence-corrected chi connectivity index (χ1v) is 6.22. The Hall–Kier alpha value is -2.21. The van der Waals surface area contributed by atoms with Crippen LogP contribution in [0.3, 0.4) is 0 Å². The van der Waals surface area contributed by atoms with Gasteiger partial charge in [-0.1, -0.05) is 23.4 Å². The summed E-state index contributed by atoms with van der Waals surface area (Å²) in [7, 11) is 3.85. The lowest BCUT2D eigenvalue weighted by Gasteiger charge is -1.96. The van der Waals surface area contributed by atoms with Crippen LogP contribution in [0.2, 0.25) is 0 Å². The Labute approximate surface area is 111 Å². The zero-order valence-corrected chi connectivity index (χ0v) is 11.0. The summed E-state index contributed by atoms with van der Waals surface area (Å²) >= 11 is 0. The van der Waals surface area contributed by atoms with Gasteiger partial charge in [0.2, 0.25) is 0 Å². The highest BCUT2D eigenvalue weighted by atomic mass is 15.4. The van der Waals surface area contributed by atoms with Gasteiger partial charge in [0.15, 0.2) is 0 Å². The molecule has 6 heteroatoms. The lowest BCUT2D eigenvalue weighted by atomic mass is 10.2. The van der Waals surface area contributed by atoms with Crippen LogP contribution < -0.4 is 5.32 Å². The molecule has 0 aliphatic heterocycles. The third kappa shape index (κ3) is 2.22. The van der Waals surface area contributed by atoms with Crippen molar-refractivity contribution in [3.8, 4) is 0 Å². The zero-order valence-electron chi connectivity index (χ0n) is 11.0. The molecule has 0 bridgehead atoms. The van der Waals surface area contributed by atoms with Crippen molar-refractivity contribution in [3.05, 3.63) is 41.9 Å². The quantitative estimate of drug-likeness (QED) is 0.754. The molecule has 1 N–H and O–H groups in total. The number of hydrogen-bond acceptors (Lipinski definition) is 4. The van der Waals surface area contributed by atoms with Crippen molar-refractivity contribution in [3.63, 3.8) is 0 Å². The lowest BCUT2D eigenvalue weighted by molar-refractivity contribution is 0.627. The van der Waals surface area contributed by atoms with E-state index < -0.39 is 0 Å². The van der Waals surface area contributed by atoms with Gasteiger partial charge in [-0.25, -0.2) is 4.68 Å². The number of hydrogen-bond donors (Lipinski definition) is 1. The van der Waals surface area contributed by atoms with Crippen LogP contribution in [0.15, 0.2) is 30.5 Å². The molecular formula is C13H16N6. The summed E-state index contributed by atoms with van der Waals surface area (Å²) in [5, 5.41) is 17.0. The molecule has 6 nitrogen and oxygen atoms in total. The first-order chi connectivity index (χ1) is 9.28. The van der Waals surface area contributed by atoms with Crippen molar-refractivity contribution in [2.45, 2.75) is 13.1 Å². The summed E-state index contributed by atoms with van der Waals surface area (Å²) in [6.07, 6.45) is 1.94. The van der Waals surface area contributed by atoms with Crippen LogP contribution in [0, 0.1) is 0 Å². The Balaban J connectivity index is 1.92. The monoisotopic (exact) mass is 256 g/mol. The van der Waals surface area contributed by atoms with Gasteiger partial charge in [0.1, 0.15) is 0 Å². The van der Waals surface area contributed by atoms with Gasteiger partial charge < -0.3 is 5.32 Å². The number of aromatic nitrogens is 5. The summed E-state index contributed by atoms with van der Waals surface area (Å²) in [6, 6.07) is 8.21. The van der Waals surface area contributed by atoms with E-state index in [-0.39, 0.29) is 0 Å². The van der Waals surface area contributed by atoms with Gasteiger partial charge in [0.25, 0.3) is 0 Å². The Bertz CT molecular complexity index is 696. The molecule has 0 amide bonds. The standard InChI is InChI=1S/C13H16N6/c1-14-7-10-8-19(17-15-10)9-12-11-5-3-4-6-13(11)18(2)16-12/h3-6,8,14H,7,9H2,1-2H3. The van der Waals surface area contributed by atoms with Crippen molar-refractivity contribution >= 4 is 10.9 Å². The molecule has 2 aromatic heterocycles. The van der Waals surface area contributed by atoms with E-state index in [1.807, 2.05) is 41.8 Å². The lowest BCUT2D eigenvalue weighted by Crippen LogP contribution is -2.05. The molecule has 0 saturated heterocycles. The third-order valence-corrected chi connectivity index (χ3v) is 3.09. The van der Waals surface area contributed by atoms with Crippen LogP contribution in [0.4, 0.5) is 0 Å². The molecule has 98 valence electrons. The molecule has 0 aliphatic carbocycles. The van der Waals surface area contributed by atoms with E-state index in [2.05, 4.69) is 32.9 Å². The van der Waals surface area contributed by atoms with Crippen LogP contribution in [-0.4, -0.2) is 31.8 Å². The molecule has 0 fully saturated rings. The molecule has 3 rings (SSSR count). The number of nitrogens with zero attached hydrogens (tertiary/aromatic N) is 5. The summed E-state index contributed by atoms with van der Waals surface area (Å²) in [4.78, 5) is 0. The van der Waals surface area contributed by atoms with Crippen LogP contribution in [0.5, 0.6) is 0 Å². The number of aryl methyl sites for hydroxylation is 1. The average Bonchev–Trinajstić information content (AvgIpc) is 2.97. The predicted octanol–water partition coefficient (Wildman–Crippen LogP) is 0.932. The number of para-hydroxylation sites is 1. The topological polar surface area (TPSA) is 60.6 Å². The minimum atomic E-state index is 0.637. The molecule has 0 spiro atoms. The van der Waals surface area contributed by atoms with Crippen LogP contribution >= 0.6 is 0 Å². The molecular weight excluding hydrogens is 240 g/mol. The van der Waals surface area contributed by atoms with E-state index in [0.29, 0.717) is 6.54 Å². The second-order valence-electron chi connectivity index (χ2n) is 4.53. The van der Waals surface area contributed by atoms with Crippen molar-refractivity contribution in [1.29, 1.82) is 0 Å². The summed E-state index contributed by atoms with van der Waals surface area (Å²) in [6.45, 7) is 1.36. The van der Waals surface area contributed by atoms with E-state index in [1.54, 1.807) is 0 Å². The first-order valence-electron chi connectivity index (χ1n) is 6.22. The van der Waals surface area contributed by atoms with Crippen LogP contribution in [0.25, 0.3) is 10.9 Å². The van der Waals surface area contributed by atoms with E-state index >= 15 is 0 Å². The second-order valence-corrected chi connectivity index (χ2v) is 4.53. The molecule has 0 atom stereocenters. The van der Waals surface area contributed by atoms with Crippen LogP contribution in [0.1, 0.15) is 11.4 Å². The summed E-state index contributed by atoms with van der Waals surface area (Å²) < 4.78 is 3.72. The minimum Gasteiger partial charge on any atom is -0.314 e. The Morgan fingerprint density at radius 2 is 2.11 bits per heavy atom. The molecule has 0 unspecified atom stereocenters. The van der Waals surface area contributed by atoms with Gasteiger partial charge >= 0.3 is 0 Å². The van der Waals surface area contributed by atoms with Crippen LogP contribution in [-0.2, 0) is 20.1 Å². The van der Waals surface area contributed by atoms with Crippen molar-refractivity contribution < 1.29 is 0 Å². The van der Waals surface area contributed by atoms with E-state index in [1.165, 1.54) is 0 Å². The highest BCUT2D eigenvalue weighted by Crippen LogP contribution is 2.17. The number of rotatable bonds is 4. The Kier molecular flexibility index (Phi) is 3.00. The van der Waals surface area contributed by atoms with E-state index in [0.717, 1.165) is 28.8 Å². The van der Waals surface area contributed by atoms with Crippen molar-refractivity contribution in [2.24, 2.45) is 7.05 Å². The van der Waals surface area contributed by atoms with Gasteiger partial charge in [-0.05, 0) is 13.1 Å². The minimum absolute atomic E-state index is 0.637. The Morgan fingerprint density at radius 3 is 2.95 bits per heavy atom. The maximum absolute atomic E-state index is 4.55. The fourth-order valence-corrected chi connectivity index (χ4v) is 2.24. The van der Waals surface area contributed by atoms with Gasteiger partial charge in [-0.2, -0.15) is 5.10 Å². The molecule has 1 aromatic carbocycles. The fraction of sp³-hybridized carbons (Fsp3) is 0.308. The largest absolute Gasteiger partial charge is 0.314 e. The SMILES string of the molecule is CNCc1cn(Cc2nn(C)c3ccccc23)nn1. The van der Waals surface area contributed by atoms with E-state index in [9.17, 15) is 0 Å². The highest BCUT2D eigenvalue weighted by molar-refractivity contribution is 5.81. The summed E-state index contributed by atoms with van der Waals surface area (Å²) in [5.74, 6) is 0. The number of benzene rings is 1. The summed E-state index contributed by atoms with van der Waals surface area (Å²) in [5.41, 5.74) is 3.08. The smallest absolute Gasteiger partial charge is 0.0964 e. The Morgan fingerprint density at radius 1 is 1.26 bits per heavy atom. The molecule has 0 radical (unpaired) electrons. The zero-order chi connectivity index (χ0) is 13.2. The van der Waals surface area contributed by atoms with Crippen molar-refractivity contribution in [1.82, 2.24) is 30.1 Å². The maximum Gasteiger partial charge on any atom is 0.0964 e. The third-order valence-electron chi connectivity index (χ3n) is 3.09. The second kappa shape index (κ2) is 4.81. The molecule has 0 aliphatic rings. The fourth-order valence-electron chi connectivity index (χ4n) is 2.24.